The number of likely N-dealkylation sites (N-methyl/N-ethyl adjacent to an activating group) is 1. The fourth-order valence-corrected chi connectivity index (χ4v) is 1.00. The molecule has 0 saturated carbocycles. The van der Waals surface area contributed by atoms with Gasteiger partial charge >= 0.3 is 0 Å². The Bertz CT molecular complexity index is 337. The first-order valence-electron chi connectivity index (χ1n) is 4.33. The number of ether oxygens (including phenoxy) is 1. The van der Waals surface area contributed by atoms with Crippen LogP contribution in [0, 0.1) is 6.92 Å². The molecule has 0 heterocycles. The van der Waals surface area contributed by atoms with Crippen molar-refractivity contribution in [1.82, 2.24) is 5.32 Å². The van der Waals surface area contributed by atoms with Gasteiger partial charge in [0.1, 0.15) is 5.75 Å². The molecule has 4 heteroatoms. The molecule has 0 spiro atoms. The second kappa shape index (κ2) is 4.50. The highest BCUT2D eigenvalue weighted by molar-refractivity contribution is 5.77. The van der Waals surface area contributed by atoms with Crippen molar-refractivity contribution in [2.24, 2.45) is 0 Å². The van der Waals surface area contributed by atoms with E-state index in [0.717, 1.165) is 5.56 Å². The van der Waals surface area contributed by atoms with Gasteiger partial charge in [-0.3, -0.25) is 4.79 Å². The van der Waals surface area contributed by atoms with Gasteiger partial charge in [0.25, 0.3) is 5.91 Å². The van der Waals surface area contributed by atoms with Gasteiger partial charge in [-0.05, 0) is 19.1 Å². The number of hydrogen-bond acceptors (Lipinski definition) is 3. The van der Waals surface area contributed by atoms with E-state index in [-0.39, 0.29) is 12.5 Å². The standard InChI is InChI=1S/C10H14N2O2/c1-7-8(11)4-3-5-9(7)14-6-10(13)12-2/h3-5H,6,11H2,1-2H3,(H,12,13). The van der Waals surface area contributed by atoms with Crippen molar-refractivity contribution in [2.75, 3.05) is 19.4 Å². The predicted octanol–water partition coefficient (Wildman–Crippen LogP) is 0.702. The number of rotatable bonds is 3. The molecule has 3 N–H and O–H groups in total. The van der Waals surface area contributed by atoms with Crippen LogP contribution in [0.1, 0.15) is 5.56 Å². The van der Waals surface area contributed by atoms with Crippen LogP contribution in [0.25, 0.3) is 0 Å². The highest BCUT2D eigenvalue weighted by atomic mass is 16.5. The van der Waals surface area contributed by atoms with Crippen molar-refractivity contribution < 1.29 is 9.53 Å². The van der Waals surface area contributed by atoms with Crippen LogP contribution in [0.4, 0.5) is 5.69 Å². The van der Waals surface area contributed by atoms with Crippen LogP contribution in [0.3, 0.4) is 0 Å². The van der Waals surface area contributed by atoms with E-state index in [1.165, 1.54) is 0 Å². The van der Waals surface area contributed by atoms with Crippen molar-refractivity contribution in [1.29, 1.82) is 0 Å². The quantitative estimate of drug-likeness (QED) is 0.696. The molecule has 0 radical (unpaired) electrons. The molecule has 0 bridgehead atoms. The average Bonchev–Trinajstić information content (AvgIpc) is 2.20. The highest BCUT2D eigenvalue weighted by Gasteiger charge is 2.04. The lowest BCUT2D eigenvalue weighted by Crippen LogP contribution is -2.25. The Labute approximate surface area is 83.1 Å². The Morgan fingerprint density at radius 1 is 1.57 bits per heavy atom. The predicted molar refractivity (Wildman–Crippen MR) is 55.2 cm³/mol. The van der Waals surface area contributed by atoms with Gasteiger partial charge in [0.05, 0.1) is 0 Å². The molecule has 1 rings (SSSR count). The van der Waals surface area contributed by atoms with Crippen molar-refractivity contribution in [3.63, 3.8) is 0 Å². The summed E-state index contributed by atoms with van der Waals surface area (Å²) in [4.78, 5) is 10.9. The normalized spacial score (nSPS) is 9.57. The van der Waals surface area contributed by atoms with Crippen molar-refractivity contribution in [3.05, 3.63) is 23.8 Å². The van der Waals surface area contributed by atoms with Crippen LogP contribution < -0.4 is 15.8 Å². The van der Waals surface area contributed by atoms with Crippen LogP contribution in [0.2, 0.25) is 0 Å². The average molecular weight is 194 g/mol. The minimum atomic E-state index is -0.160. The van der Waals surface area contributed by atoms with E-state index >= 15 is 0 Å². The zero-order valence-corrected chi connectivity index (χ0v) is 8.33. The monoisotopic (exact) mass is 194 g/mol. The molecule has 0 aromatic heterocycles. The third-order valence-electron chi connectivity index (χ3n) is 1.96. The Kier molecular flexibility index (Phi) is 3.34. The Morgan fingerprint density at radius 3 is 2.93 bits per heavy atom. The summed E-state index contributed by atoms with van der Waals surface area (Å²) in [5.74, 6) is 0.487. The number of anilines is 1. The van der Waals surface area contributed by atoms with Crippen LogP contribution in [-0.2, 0) is 4.79 Å². The first-order valence-corrected chi connectivity index (χ1v) is 4.33. The summed E-state index contributed by atoms with van der Waals surface area (Å²) in [7, 11) is 1.57. The fourth-order valence-electron chi connectivity index (χ4n) is 1.00. The summed E-state index contributed by atoms with van der Waals surface area (Å²) in [6.45, 7) is 1.87. The van der Waals surface area contributed by atoms with E-state index in [1.807, 2.05) is 6.92 Å². The topological polar surface area (TPSA) is 64.3 Å². The van der Waals surface area contributed by atoms with Crippen LogP contribution in [0.15, 0.2) is 18.2 Å². The van der Waals surface area contributed by atoms with Gasteiger partial charge < -0.3 is 15.8 Å². The van der Waals surface area contributed by atoms with E-state index < -0.39 is 0 Å². The number of amides is 1. The van der Waals surface area contributed by atoms with Gasteiger partial charge in [0, 0.05) is 18.3 Å². The Morgan fingerprint density at radius 2 is 2.29 bits per heavy atom. The summed E-state index contributed by atoms with van der Waals surface area (Å²) < 4.78 is 5.28. The second-order valence-electron chi connectivity index (χ2n) is 2.93. The van der Waals surface area contributed by atoms with Crippen LogP contribution in [-0.4, -0.2) is 19.6 Å². The summed E-state index contributed by atoms with van der Waals surface area (Å²) >= 11 is 0. The van der Waals surface area contributed by atoms with E-state index in [9.17, 15) is 4.79 Å². The minimum absolute atomic E-state index is 0.0147. The lowest BCUT2D eigenvalue weighted by atomic mass is 10.2. The molecule has 0 aliphatic heterocycles. The summed E-state index contributed by atoms with van der Waals surface area (Å²) in [5.41, 5.74) is 7.20. The number of nitrogens with two attached hydrogens (primary N) is 1. The van der Waals surface area contributed by atoms with Gasteiger partial charge in [-0.1, -0.05) is 6.07 Å². The van der Waals surface area contributed by atoms with E-state index in [1.54, 1.807) is 25.2 Å². The Hall–Kier alpha value is -1.71. The number of nitrogen functional groups attached to an aromatic ring is 1. The largest absolute Gasteiger partial charge is 0.483 e. The molecule has 0 fully saturated rings. The van der Waals surface area contributed by atoms with Gasteiger partial charge in [-0.25, -0.2) is 0 Å². The molecular formula is C10H14N2O2. The first-order chi connectivity index (χ1) is 6.65. The minimum Gasteiger partial charge on any atom is -0.483 e. The number of carbonyl (C=O) groups excluding carboxylic acids is 1. The molecule has 76 valence electrons. The highest BCUT2D eigenvalue weighted by Crippen LogP contribution is 2.22. The molecule has 0 unspecified atom stereocenters. The third kappa shape index (κ3) is 2.39. The van der Waals surface area contributed by atoms with E-state index in [4.69, 9.17) is 10.5 Å². The molecule has 14 heavy (non-hydrogen) atoms. The second-order valence-corrected chi connectivity index (χ2v) is 2.93. The fraction of sp³-hybridized carbons (Fsp3) is 0.300. The van der Waals surface area contributed by atoms with Crippen molar-refractivity contribution >= 4 is 11.6 Å². The van der Waals surface area contributed by atoms with Gasteiger partial charge in [0.15, 0.2) is 6.61 Å². The van der Waals surface area contributed by atoms with E-state index in [2.05, 4.69) is 5.32 Å². The number of nitrogens with one attached hydrogen (secondary N) is 1. The number of carbonyl (C=O) groups is 1. The van der Waals surface area contributed by atoms with Crippen LogP contribution >= 0.6 is 0 Å². The molecule has 0 saturated heterocycles. The molecular weight excluding hydrogens is 180 g/mol. The molecule has 0 aliphatic carbocycles. The lowest BCUT2D eigenvalue weighted by molar-refractivity contribution is -0.122. The van der Waals surface area contributed by atoms with Crippen LogP contribution in [0.5, 0.6) is 5.75 Å². The van der Waals surface area contributed by atoms with Crippen molar-refractivity contribution in [2.45, 2.75) is 6.92 Å². The molecule has 0 aliphatic rings. The first kappa shape index (κ1) is 10.4. The molecule has 1 amide bonds. The maximum Gasteiger partial charge on any atom is 0.257 e. The summed E-state index contributed by atoms with van der Waals surface area (Å²) in [6, 6.07) is 5.37. The maximum atomic E-state index is 10.9. The SMILES string of the molecule is CNC(=O)COc1cccc(N)c1C. The van der Waals surface area contributed by atoms with Gasteiger partial charge in [-0.15, -0.1) is 0 Å². The zero-order chi connectivity index (χ0) is 10.6. The van der Waals surface area contributed by atoms with Crippen molar-refractivity contribution in [3.8, 4) is 5.75 Å². The third-order valence-corrected chi connectivity index (χ3v) is 1.96. The summed E-state index contributed by atoms with van der Waals surface area (Å²) in [6.07, 6.45) is 0. The molecule has 1 aromatic carbocycles. The molecule has 4 nitrogen and oxygen atoms in total. The van der Waals surface area contributed by atoms with E-state index in [0.29, 0.717) is 11.4 Å². The molecule has 1 aromatic rings. The van der Waals surface area contributed by atoms with Gasteiger partial charge in [-0.2, -0.15) is 0 Å². The zero-order valence-electron chi connectivity index (χ0n) is 8.33. The Balaban J connectivity index is 2.68. The van der Waals surface area contributed by atoms with Gasteiger partial charge in [0.2, 0.25) is 0 Å². The smallest absolute Gasteiger partial charge is 0.257 e. The maximum absolute atomic E-state index is 10.9. The summed E-state index contributed by atoms with van der Waals surface area (Å²) in [5, 5.41) is 2.47. The number of benzene rings is 1. The number of hydrogen-bond donors (Lipinski definition) is 2. The molecule has 0 atom stereocenters. The lowest BCUT2D eigenvalue weighted by Gasteiger charge is -2.09.